The number of aromatic nitrogens is 2. The van der Waals surface area contributed by atoms with Crippen LogP contribution in [0.2, 0.25) is 0 Å². The predicted octanol–water partition coefficient (Wildman–Crippen LogP) is 2.87. The summed E-state index contributed by atoms with van der Waals surface area (Å²) >= 11 is 0. The Kier molecular flexibility index (Phi) is 4.19. The van der Waals surface area contributed by atoms with Crippen LogP contribution in [0.15, 0.2) is 54.6 Å². The van der Waals surface area contributed by atoms with Crippen molar-refractivity contribution in [1.82, 2.24) is 14.9 Å². The van der Waals surface area contributed by atoms with Crippen molar-refractivity contribution < 1.29 is 4.79 Å². The Morgan fingerprint density at radius 2 is 1.74 bits per heavy atom. The number of hydrogen-bond acceptors (Lipinski definition) is 4. The van der Waals surface area contributed by atoms with E-state index in [1.807, 2.05) is 61.5 Å². The second-order valence-corrected chi connectivity index (χ2v) is 5.25. The van der Waals surface area contributed by atoms with Gasteiger partial charge >= 0.3 is 0 Å². The van der Waals surface area contributed by atoms with Crippen molar-refractivity contribution in [3.63, 3.8) is 0 Å². The van der Waals surface area contributed by atoms with Gasteiger partial charge in [0, 0.05) is 18.5 Å². The first-order chi connectivity index (χ1) is 11.2. The predicted molar refractivity (Wildman–Crippen MR) is 90.8 cm³/mol. The molecule has 0 unspecified atom stereocenters. The van der Waals surface area contributed by atoms with Gasteiger partial charge in [0.2, 0.25) is 5.95 Å². The van der Waals surface area contributed by atoms with Gasteiger partial charge in [-0.1, -0.05) is 48.5 Å². The maximum absolute atomic E-state index is 12.9. The van der Waals surface area contributed by atoms with Crippen LogP contribution in [0.3, 0.4) is 0 Å². The van der Waals surface area contributed by atoms with Crippen molar-refractivity contribution in [2.24, 2.45) is 0 Å². The molecule has 0 spiro atoms. The third kappa shape index (κ3) is 3.13. The van der Waals surface area contributed by atoms with Gasteiger partial charge in [0.1, 0.15) is 5.69 Å². The monoisotopic (exact) mass is 306 g/mol. The van der Waals surface area contributed by atoms with E-state index in [0.29, 0.717) is 24.3 Å². The summed E-state index contributed by atoms with van der Waals surface area (Å²) in [6.07, 6.45) is 0. The number of nitrogen functional groups attached to an aromatic ring is 1. The first-order valence-electron chi connectivity index (χ1n) is 7.54. The standard InChI is InChI=1S/C18H18N4O/c1-2-22(12-13-8-4-3-5-9-13)17(23)16-14-10-6-7-11-15(14)20-18(19)21-16/h3-11H,2,12H2,1H3,(H2,19,20,21). The fourth-order valence-electron chi connectivity index (χ4n) is 2.54. The number of nitrogens with two attached hydrogens (primary N) is 1. The van der Waals surface area contributed by atoms with Crippen molar-refractivity contribution in [2.75, 3.05) is 12.3 Å². The maximum Gasteiger partial charge on any atom is 0.273 e. The van der Waals surface area contributed by atoms with E-state index in [9.17, 15) is 4.79 Å². The van der Waals surface area contributed by atoms with Crippen LogP contribution in [-0.4, -0.2) is 27.3 Å². The maximum atomic E-state index is 12.9. The van der Waals surface area contributed by atoms with Crippen molar-refractivity contribution in [1.29, 1.82) is 0 Å². The molecule has 0 saturated heterocycles. The molecule has 0 fully saturated rings. The summed E-state index contributed by atoms with van der Waals surface area (Å²) in [6, 6.07) is 17.3. The van der Waals surface area contributed by atoms with Crippen molar-refractivity contribution in [3.05, 3.63) is 65.9 Å². The van der Waals surface area contributed by atoms with Gasteiger partial charge in [-0.05, 0) is 18.6 Å². The molecule has 0 radical (unpaired) electrons. The molecule has 0 aliphatic heterocycles. The molecule has 0 saturated carbocycles. The normalized spacial score (nSPS) is 10.7. The molecule has 0 atom stereocenters. The van der Waals surface area contributed by atoms with Gasteiger partial charge in [-0.25, -0.2) is 9.97 Å². The van der Waals surface area contributed by atoms with Crippen LogP contribution in [-0.2, 0) is 6.54 Å². The summed E-state index contributed by atoms with van der Waals surface area (Å²) < 4.78 is 0. The number of carbonyl (C=O) groups is 1. The topological polar surface area (TPSA) is 72.1 Å². The van der Waals surface area contributed by atoms with Gasteiger partial charge in [0.05, 0.1) is 5.52 Å². The second kappa shape index (κ2) is 6.44. The van der Waals surface area contributed by atoms with Crippen LogP contribution in [0.25, 0.3) is 10.9 Å². The largest absolute Gasteiger partial charge is 0.368 e. The zero-order chi connectivity index (χ0) is 16.2. The van der Waals surface area contributed by atoms with E-state index in [1.54, 1.807) is 4.90 Å². The summed E-state index contributed by atoms with van der Waals surface area (Å²) in [7, 11) is 0. The summed E-state index contributed by atoms with van der Waals surface area (Å²) in [4.78, 5) is 23.1. The highest BCUT2D eigenvalue weighted by Crippen LogP contribution is 2.19. The summed E-state index contributed by atoms with van der Waals surface area (Å²) in [5.41, 5.74) is 7.87. The number of rotatable bonds is 4. The minimum absolute atomic E-state index is 0.114. The molecule has 5 heteroatoms. The van der Waals surface area contributed by atoms with E-state index in [-0.39, 0.29) is 11.9 Å². The van der Waals surface area contributed by atoms with Gasteiger partial charge in [-0.2, -0.15) is 0 Å². The molecule has 0 bridgehead atoms. The van der Waals surface area contributed by atoms with Gasteiger partial charge in [0.25, 0.3) is 5.91 Å². The highest BCUT2D eigenvalue weighted by Gasteiger charge is 2.19. The molecule has 23 heavy (non-hydrogen) atoms. The molecule has 1 aromatic heterocycles. The van der Waals surface area contributed by atoms with Crippen LogP contribution in [0.1, 0.15) is 23.0 Å². The molecule has 116 valence electrons. The van der Waals surface area contributed by atoms with Gasteiger partial charge < -0.3 is 10.6 Å². The summed E-state index contributed by atoms with van der Waals surface area (Å²) in [5.74, 6) is -0.0236. The molecule has 2 N–H and O–H groups in total. The Bertz CT molecular complexity index is 833. The lowest BCUT2D eigenvalue weighted by atomic mass is 10.1. The van der Waals surface area contributed by atoms with Crippen LogP contribution in [0, 0.1) is 0 Å². The summed E-state index contributed by atoms with van der Waals surface area (Å²) in [5, 5.41) is 0.721. The number of benzene rings is 2. The molecule has 1 heterocycles. The number of nitrogens with zero attached hydrogens (tertiary/aromatic N) is 3. The zero-order valence-electron chi connectivity index (χ0n) is 12.9. The van der Waals surface area contributed by atoms with E-state index >= 15 is 0 Å². The molecular weight excluding hydrogens is 288 g/mol. The van der Waals surface area contributed by atoms with E-state index in [4.69, 9.17) is 5.73 Å². The van der Waals surface area contributed by atoms with E-state index in [0.717, 1.165) is 10.9 Å². The average molecular weight is 306 g/mol. The minimum Gasteiger partial charge on any atom is -0.368 e. The molecule has 0 aliphatic carbocycles. The summed E-state index contributed by atoms with van der Waals surface area (Å²) in [6.45, 7) is 3.08. The molecule has 2 aromatic carbocycles. The Morgan fingerprint density at radius 3 is 2.48 bits per heavy atom. The molecule has 3 rings (SSSR count). The number of para-hydroxylation sites is 1. The third-order valence-corrected chi connectivity index (χ3v) is 3.71. The molecule has 1 amide bonds. The van der Waals surface area contributed by atoms with Gasteiger partial charge in [-0.15, -0.1) is 0 Å². The molecule has 0 aliphatic rings. The SMILES string of the molecule is CCN(Cc1ccccc1)C(=O)c1nc(N)nc2ccccc12. The average Bonchev–Trinajstić information content (AvgIpc) is 2.59. The fourth-order valence-corrected chi connectivity index (χ4v) is 2.54. The first-order valence-corrected chi connectivity index (χ1v) is 7.54. The number of fused-ring (bicyclic) bond motifs is 1. The number of hydrogen-bond donors (Lipinski definition) is 1. The number of amides is 1. The Morgan fingerprint density at radius 1 is 1.04 bits per heavy atom. The van der Waals surface area contributed by atoms with Crippen molar-refractivity contribution in [3.8, 4) is 0 Å². The van der Waals surface area contributed by atoms with E-state index in [1.165, 1.54) is 0 Å². The van der Waals surface area contributed by atoms with Gasteiger partial charge in [0.15, 0.2) is 0 Å². The van der Waals surface area contributed by atoms with Crippen molar-refractivity contribution >= 4 is 22.8 Å². The Hall–Kier alpha value is -2.95. The van der Waals surface area contributed by atoms with Crippen LogP contribution < -0.4 is 5.73 Å². The molecule has 5 nitrogen and oxygen atoms in total. The molecular formula is C18H18N4O. The number of carbonyl (C=O) groups excluding carboxylic acids is 1. The minimum atomic E-state index is -0.137. The lowest BCUT2D eigenvalue weighted by molar-refractivity contribution is 0.0749. The molecule has 3 aromatic rings. The smallest absolute Gasteiger partial charge is 0.273 e. The third-order valence-electron chi connectivity index (χ3n) is 3.71. The van der Waals surface area contributed by atoms with Crippen LogP contribution >= 0.6 is 0 Å². The zero-order valence-corrected chi connectivity index (χ0v) is 12.9. The van der Waals surface area contributed by atoms with Crippen LogP contribution in [0.5, 0.6) is 0 Å². The second-order valence-electron chi connectivity index (χ2n) is 5.25. The Labute approximate surface area is 134 Å². The van der Waals surface area contributed by atoms with E-state index < -0.39 is 0 Å². The Balaban J connectivity index is 1.98. The van der Waals surface area contributed by atoms with Crippen LogP contribution in [0.4, 0.5) is 5.95 Å². The lowest BCUT2D eigenvalue weighted by Gasteiger charge is -2.21. The lowest BCUT2D eigenvalue weighted by Crippen LogP contribution is -2.31. The fraction of sp³-hybridized carbons (Fsp3) is 0.167. The van der Waals surface area contributed by atoms with E-state index in [2.05, 4.69) is 9.97 Å². The van der Waals surface area contributed by atoms with Gasteiger partial charge in [-0.3, -0.25) is 4.79 Å². The highest BCUT2D eigenvalue weighted by atomic mass is 16.2. The van der Waals surface area contributed by atoms with Crippen molar-refractivity contribution in [2.45, 2.75) is 13.5 Å². The highest BCUT2D eigenvalue weighted by molar-refractivity contribution is 6.04. The number of anilines is 1. The first kappa shape index (κ1) is 15.0. The quantitative estimate of drug-likeness (QED) is 0.804.